The Morgan fingerprint density at radius 3 is 2.39 bits per heavy atom. The SMILES string of the molecule is COc1ccc(C(=O)Nc2ccc(Cl)c(Cl)c2)cc1S(=O)(=O)NCCc1ccccc1. The van der Waals surface area contributed by atoms with E-state index in [0.29, 0.717) is 22.2 Å². The van der Waals surface area contributed by atoms with Crippen LogP contribution in [0.25, 0.3) is 0 Å². The van der Waals surface area contributed by atoms with E-state index in [9.17, 15) is 13.2 Å². The lowest BCUT2D eigenvalue weighted by Crippen LogP contribution is -2.27. The Bertz CT molecular complexity index is 1190. The largest absolute Gasteiger partial charge is 0.495 e. The van der Waals surface area contributed by atoms with Crippen molar-refractivity contribution in [3.8, 4) is 5.75 Å². The lowest BCUT2D eigenvalue weighted by Gasteiger charge is -2.13. The first kappa shape index (κ1) is 23.1. The number of carbonyl (C=O) groups is 1. The number of halogens is 2. The van der Waals surface area contributed by atoms with Gasteiger partial charge in [-0.15, -0.1) is 0 Å². The van der Waals surface area contributed by atoms with E-state index in [-0.39, 0.29) is 22.8 Å². The number of hydrogen-bond donors (Lipinski definition) is 2. The second kappa shape index (κ2) is 10.2. The fourth-order valence-electron chi connectivity index (χ4n) is 2.86. The van der Waals surface area contributed by atoms with Crippen LogP contribution in [-0.2, 0) is 16.4 Å². The molecule has 162 valence electrons. The zero-order valence-corrected chi connectivity index (χ0v) is 18.9. The molecule has 0 atom stereocenters. The average Bonchev–Trinajstić information content (AvgIpc) is 2.76. The van der Waals surface area contributed by atoms with E-state index in [2.05, 4.69) is 10.0 Å². The van der Waals surface area contributed by atoms with Gasteiger partial charge in [0.15, 0.2) is 0 Å². The van der Waals surface area contributed by atoms with Crippen LogP contribution in [0.1, 0.15) is 15.9 Å². The van der Waals surface area contributed by atoms with Crippen LogP contribution in [0, 0.1) is 0 Å². The maximum Gasteiger partial charge on any atom is 0.255 e. The minimum Gasteiger partial charge on any atom is -0.495 e. The molecular formula is C22H20Cl2N2O4S. The fraction of sp³-hybridized carbons (Fsp3) is 0.136. The highest BCUT2D eigenvalue weighted by Crippen LogP contribution is 2.27. The average molecular weight is 479 g/mol. The van der Waals surface area contributed by atoms with Crippen molar-refractivity contribution >= 4 is 44.8 Å². The van der Waals surface area contributed by atoms with Crippen LogP contribution in [0.2, 0.25) is 10.0 Å². The van der Waals surface area contributed by atoms with Gasteiger partial charge in [0.25, 0.3) is 5.91 Å². The smallest absolute Gasteiger partial charge is 0.255 e. The molecule has 0 saturated carbocycles. The fourth-order valence-corrected chi connectivity index (χ4v) is 4.38. The molecule has 1 amide bonds. The molecule has 0 bridgehead atoms. The Hall–Kier alpha value is -2.58. The molecule has 0 heterocycles. The summed E-state index contributed by atoms with van der Waals surface area (Å²) in [6.07, 6.45) is 0.528. The Kier molecular flexibility index (Phi) is 7.56. The molecule has 2 N–H and O–H groups in total. The van der Waals surface area contributed by atoms with Crippen LogP contribution in [0.5, 0.6) is 5.75 Å². The number of methoxy groups -OCH3 is 1. The topological polar surface area (TPSA) is 84.5 Å². The molecule has 3 aromatic carbocycles. The number of amides is 1. The number of anilines is 1. The van der Waals surface area contributed by atoms with Gasteiger partial charge in [0.2, 0.25) is 10.0 Å². The first-order valence-corrected chi connectivity index (χ1v) is 11.5. The number of nitrogens with one attached hydrogen (secondary N) is 2. The Balaban J connectivity index is 1.78. The molecule has 9 heteroatoms. The van der Waals surface area contributed by atoms with Gasteiger partial charge in [0, 0.05) is 17.8 Å². The molecule has 0 spiro atoms. The van der Waals surface area contributed by atoms with Crippen LogP contribution >= 0.6 is 23.2 Å². The molecule has 0 fully saturated rings. The summed E-state index contributed by atoms with van der Waals surface area (Å²) in [5.41, 5.74) is 1.59. The lowest BCUT2D eigenvalue weighted by atomic mass is 10.2. The maximum absolute atomic E-state index is 12.9. The van der Waals surface area contributed by atoms with Crippen LogP contribution in [0.4, 0.5) is 5.69 Å². The maximum atomic E-state index is 12.9. The van der Waals surface area contributed by atoms with Crippen molar-refractivity contribution in [2.45, 2.75) is 11.3 Å². The molecule has 0 aliphatic rings. The monoisotopic (exact) mass is 478 g/mol. The summed E-state index contributed by atoms with van der Waals surface area (Å²) in [5.74, 6) is -0.361. The van der Waals surface area contributed by atoms with E-state index < -0.39 is 15.9 Å². The van der Waals surface area contributed by atoms with E-state index in [1.165, 1.54) is 31.4 Å². The zero-order valence-electron chi connectivity index (χ0n) is 16.6. The second-order valence-electron chi connectivity index (χ2n) is 6.58. The minimum atomic E-state index is -3.91. The molecule has 0 radical (unpaired) electrons. The lowest BCUT2D eigenvalue weighted by molar-refractivity contribution is 0.102. The Labute approximate surface area is 191 Å². The molecular weight excluding hydrogens is 459 g/mol. The molecule has 0 unspecified atom stereocenters. The van der Waals surface area contributed by atoms with Crippen molar-refractivity contribution in [2.75, 3.05) is 19.0 Å². The van der Waals surface area contributed by atoms with E-state index in [1.54, 1.807) is 12.1 Å². The Morgan fingerprint density at radius 2 is 1.71 bits per heavy atom. The molecule has 3 aromatic rings. The van der Waals surface area contributed by atoms with E-state index >= 15 is 0 Å². The van der Waals surface area contributed by atoms with Gasteiger partial charge in [0.05, 0.1) is 17.2 Å². The van der Waals surface area contributed by atoms with Crippen LogP contribution in [-0.4, -0.2) is 28.0 Å². The number of rotatable bonds is 8. The predicted molar refractivity (Wildman–Crippen MR) is 123 cm³/mol. The molecule has 0 aliphatic heterocycles. The minimum absolute atomic E-state index is 0.121. The zero-order chi connectivity index (χ0) is 22.4. The summed E-state index contributed by atoms with van der Waals surface area (Å²) in [6.45, 7) is 0.204. The first-order valence-electron chi connectivity index (χ1n) is 9.28. The van der Waals surface area contributed by atoms with Gasteiger partial charge in [-0.1, -0.05) is 53.5 Å². The molecule has 0 aromatic heterocycles. The van der Waals surface area contributed by atoms with Crippen molar-refractivity contribution in [2.24, 2.45) is 0 Å². The number of ether oxygens (including phenoxy) is 1. The summed E-state index contributed by atoms with van der Waals surface area (Å²) in [6, 6.07) is 18.4. The van der Waals surface area contributed by atoms with E-state index in [0.717, 1.165) is 5.56 Å². The molecule has 0 aliphatic carbocycles. The highest BCUT2D eigenvalue weighted by atomic mass is 35.5. The number of sulfonamides is 1. The quantitative estimate of drug-likeness (QED) is 0.487. The number of benzene rings is 3. The summed E-state index contributed by atoms with van der Waals surface area (Å²) >= 11 is 11.9. The van der Waals surface area contributed by atoms with E-state index in [4.69, 9.17) is 27.9 Å². The third-order valence-electron chi connectivity index (χ3n) is 4.44. The summed E-state index contributed by atoms with van der Waals surface area (Å²) < 4.78 is 33.5. The van der Waals surface area contributed by atoms with Crippen molar-refractivity contribution in [1.82, 2.24) is 4.72 Å². The number of carbonyl (C=O) groups excluding carboxylic acids is 1. The molecule has 6 nitrogen and oxygen atoms in total. The summed E-state index contributed by atoms with van der Waals surface area (Å²) in [5, 5.41) is 3.32. The molecule has 31 heavy (non-hydrogen) atoms. The van der Waals surface area contributed by atoms with Gasteiger partial charge in [-0.3, -0.25) is 4.79 Å². The van der Waals surface area contributed by atoms with Crippen LogP contribution < -0.4 is 14.8 Å². The van der Waals surface area contributed by atoms with Crippen molar-refractivity contribution in [3.63, 3.8) is 0 Å². The van der Waals surface area contributed by atoms with Gasteiger partial charge in [0.1, 0.15) is 10.6 Å². The highest BCUT2D eigenvalue weighted by molar-refractivity contribution is 7.89. The third-order valence-corrected chi connectivity index (χ3v) is 6.66. The van der Waals surface area contributed by atoms with E-state index in [1.807, 2.05) is 30.3 Å². The van der Waals surface area contributed by atoms with Crippen molar-refractivity contribution in [1.29, 1.82) is 0 Å². The highest BCUT2D eigenvalue weighted by Gasteiger charge is 2.21. The third kappa shape index (κ3) is 5.98. The first-order chi connectivity index (χ1) is 14.8. The second-order valence-corrected chi connectivity index (χ2v) is 9.13. The predicted octanol–water partition coefficient (Wildman–Crippen LogP) is 4.78. The van der Waals surface area contributed by atoms with Gasteiger partial charge >= 0.3 is 0 Å². The van der Waals surface area contributed by atoms with Gasteiger partial charge in [-0.2, -0.15) is 0 Å². The van der Waals surface area contributed by atoms with Crippen LogP contribution in [0.15, 0.2) is 71.6 Å². The normalized spacial score (nSPS) is 11.2. The summed E-state index contributed by atoms with van der Waals surface area (Å²) in [7, 11) is -2.54. The van der Waals surface area contributed by atoms with Crippen molar-refractivity contribution in [3.05, 3.63) is 87.9 Å². The van der Waals surface area contributed by atoms with Crippen molar-refractivity contribution < 1.29 is 17.9 Å². The van der Waals surface area contributed by atoms with Gasteiger partial charge in [-0.25, -0.2) is 13.1 Å². The number of hydrogen-bond acceptors (Lipinski definition) is 4. The standard InChI is InChI=1S/C22H20Cl2N2O4S/c1-30-20-10-7-16(22(27)26-17-8-9-18(23)19(24)14-17)13-21(20)31(28,29)25-12-11-15-5-3-2-4-6-15/h2-10,13-14,25H,11-12H2,1H3,(H,26,27). The summed E-state index contributed by atoms with van der Waals surface area (Å²) in [4.78, 5) is 12.5. The van der Waals surface area contributed by atoms with Gasteiger partial charge < -0.3 is 10.1 Å². The molecule has 0 saturated heterocycles. The Morgan fingerprint density at radius 1 is 0.968 bits per heavy atom. The van der Waals surface area contributed by atoms with Gasteiger partial charge in [-0.05, 0) is 48.4 Å². The van der Waals surface area contributed by atoms with Crippen LogP contribution in [0.3, 0.4) is 0 Å². The molecule has 3 rings (SSSR count).